The second-order valence-electron chi connectivity index (χ2n) is 7.41. The molecule has 0 aliphatic carbocycles. The average molecular weight is 477 g/mol. The number of carbonyl (C=O) groups excluding carboxylic acids is 1. The normalized spacial score (nSPS) is 10.5. The lowest BCUT2D eigenvalue weighted by Crippen LogP contribution is -2.15. The van der Waals surface area contributed by atoms with Crippen LogP contribution in [0.4, 0.5) is 10.1 Å². The lowest BCUT2D eigenvalue weighted by atomic mass is 10.2. The van der Waals surface area contributed by atoms with Gasteiger partial charge >= 0.3 is 0 Å². The summed E-state index contributed by atoms with van der Waals surface area (Å²) >= 11 is 0. The lowest BCUT2D eigenvalue weighted by molar-refractivity contribution is 0.101. The fourth-order valence-corrected chi connectivity index (χ4v) is 3.43. The van der Waals surface area contributed by atoms with Crippen LogP contribution in [0.15, 0.2) is 72.9 Å². The number of amides is 1. The molecule has 4 aromatic rings. The second-order valence-corrected chi connectivity index (χ2v) is 7.41. The molecule has 0 fully saturated rings. The molecule has 4 rings (SSSR count). The van der Waals surface area contributed by atoms with Gasteiger partial charge in [0, 0.05) is 17.8 Å². The predicted octanol–water partition coefficient (Wildman–Crippen LogP) is 4.87. The Morgan fingerprint density at radius 2 is 1.57 bits per heavy atom. The van der Waals surface area contributed by atoms with Gasteiger partial charge in [-0.25, -0.2) is 9.07 Å². The lowest BCUT2D eigenvalue weighted by Gasteiger charge is -2.14. The molecule has 0 atom stereocenters. The third kappa shape index (κ3) is 5.35. The number of carbonyl (C=O) groups is 1. The minimum absolute atomic E-state index is 0.0546. The number of anilines is 1. The number of aromatic nitrogens is 2. The van der Waals surface area contributed by atoms with Crippen LogP contribution in [0, 0.1) is 5.82 Å². The van der Waals surface area contributed by atoms with Gasteiger partial charge in [0.25, 0.3) is 5.91 Å². The maximum atomic E-state index is 13.4. The third-order valence-corrected chi connectivity index (χ3v) is 5.15. The number of nitrogens with one attached hydrogen (secondary N) is 1. The summed E-state index contributed by atoms with van der Waals surface area (Å²) in [7, 11) is 4.47. The highest BCUT2D eigenvalue weighted by molar-refractivity contribution is 6.05. The van der Waals surface area contributed by atoms with Crippen molar-refractivity contribution >= 4 is 11.6 Å². The van der Waals surface area contributed by atoms with Crippen LogP contribution in [0.25, 0.3) is 5.69 Å². The predicted molar refractivity (Wildman–Crippen MR) is 128 cm³/mol. The Kier molecular flexibility index (Phi) is 7.15. The van der Waals surface area contributed by atoms with Gasteiger partial charge in [-0.2, -0.15) is 5.10 Å². The zero-order valence-corrected chi connectivity index (χ0v) is 19.4. The molecule has 1 aromatic heterocycles. The fourth-order valence-electron chi connectivity index (χ4n) is 3.43. The van der Waals surface area contributed by atoms with E-state index < -0.39 is 5.91 Å². The van der Waals surface area contributed by atoms with Crippen molar-refractivity contribution in [2.24, 2.45) is 0 Å². The summed E-state index contributed by atoms with van der Waals surface area (Å²) in [5.41, 5.74) is 1.97. The van der Waals surface area contributed by atoms with Gasteiger partial charge in [-0.05, 0) is 29.8 Å². The van der Waals surface area contributed by atoms with Gasteiger partial charge in [0.2, 0.25) is 5.75 Å². The van der Waals surface area contributed by atoms with Gasteiger partial charge < -0.3 is 24.3 Å². The van der Waals surface area contributed by atoms with Crippen molar-refractivity contribution in [1.29, 1.82) is 0 Å². The summed E-state index contributed by atoms with van der Waals surface area (Å²) in [6, 6.07) is 18.5. The Morgan fingerprint density at radius 3 is 2.17 bits per heavy atom. The molecule has 1 amide bonds. The summed E-state index contributed by atoms with van der Waals surface area (Å²) in [5, 5.41) is 7.21. The standard InChI is InChI=1S/C26H24FN3O5/c1-32-21-13-19(14-22(33-2)25(21)34-3)28-26(31)24-23(35-16-17-7-5-4-6-8-17)15-30(29-24)20-11-9-18(27)10-12-20/h4-15H,16H2,1-3H3,(H,28,31). The van der Waals surface area contributed by atoms with Crippen molar-refractivity contribution < 1.29 is 28.1 Å². The minimum atomic E-state index is -0.511. The molecule has 0 spiro atoms. The van der Waals surface area contributed by atoms with Gasteiger partial charge in [-0.3, -0.25) is 4.79 Å². The molecule has 3 aromatic carbocycles. The van der Waals surface area contributed by atoms with Crippen LogP contribution in [-0.4, -0.2) is 37.0 Å². The molecule has 180 valence electrons. The van der Waals surface area contributed by atoms with Crippen molar-refractivity contribution in [3.63, 3.8) is 0 Å². The Hall–Kier alpha value is -4.53. The first-order valence-electron chi connectivity index (χ1n) is 10.7. The van der Waals surface area contributed by atoms with Gasteiger partial charge in [-0.1, -0.05) is 30.3 Å². The molecule has 0 saturated heterocycles. The van der Waals surface area contributed by atoms with Crippen molar-refractivity contribution in [2.45, 2.75) is 6.61 Å². The van der Waals surface area contributed by atoms with Crippen LogP contribution < -0.4 is 24.3 Å². The van der Waals surface area contributed by atoms with Crippen LogP contribution in [0.1, 0.15) is 16.1 Å². The van der Waals surface area contributed by atoms with E-state index in [0.717, 1.165) is 5.56 Å². The molecule has 0 aliphatic heterocycles. The number of ether oxygens (including phenoxy) is 4. The Balaban J connectivity index is 1.66. The number of halogens is 1. The summed E-state index contributed by atoms with van der Waals surface area (Å²) in [6.07, 6.45) is 1.58. The molecule has 0 aliphatic rings. The van der Waals surface area contributed by atoms with E-state index in [1.807, 2.05) is 30.3 Å². The van der Waals surface area contributed by atoms with Gasteiger partial charge in [0.15, 0.2) is 22.9 Å². The van der Waals surface area contributed by atoms with Crippen molar-refractivity contribution in [3.8, 4) is 28.7 Å². The SMILES string of the molecule is COc1cc(NC(=O)c2nn(-c3ccc(F)cc3)cc2OCc2ccccc2)cc(OC)c1OC. The first kappa shape index (κ1) is 23.6. The molecular weight excluding hydrogens is 453 g/mol. The number of hydrogen-bond acceptors (Lipinski definition) is 6. The molecule has 0 bridgehead atoms. The first-order valence-corrected chi connectivity index (χ1v) is 10.7. The van der Waals surface area contributed by atoms with E-state index in [9.17, 15) is 9.18 Å². The maximum Gasteiger partial charge on any atom is 0.280 e. The quantitative estimate of drug-likeness (QED) is 0.370. The molecule has 35 heavy (non-hydrogen) atoms. The molecule has 1 N–H and O–H groups in total. The molecule has 0 saturated carbocycles. The van der Waals surface area contributed by atoms with E-state index in [4.69, 9.17) is 18.9 Å². The van der Waals surface area contributed by atoms with Crippen LogP contribution in [0.2, 0.25) is 0 Å². The fraction of sp³-hybridized carbons (Fsp3) is 0.154. The Bertz CT molecular complexity index is 1280. The van der Waals surface area contributed by atoms with E-state index >= 15 is 0 Å². The molecular formula is C26H24FN3O5. The average Bonchev–Trinajstić information content (AvgIpc) is 3.32. The van der Waals surface area contributed by atoms with E-state index in [2.05, 4.69) is 10.4 Å². The number of hydrogen-bond donors (Lipinski definition) is 1. The first-order chi connectivity index (χ1) is 17.0. The van der Waals surface area contributed by atoms with Crippen LogP contribution in [0.3, 0.4) is 0 Å². The maximum absolute atomic E-state index is 13.4. The Labute approximate surface area is 201 Å². The van der Waals surface area contributed by atoms with Gasteiger partial charge in [0.1, 0.15) is 12.4 Å². The largest absolute Gasteiger partial charge is 0.493 e. The highest BCUT2D eigenvalue weighted by atomic mass is 19.1. The monoisotopic (exact) mass is 477 g/mol. The van der Waals surface area contributed by atoms with Gasteiger partial charge in [0.05, 0.1) is 33.2 Å². The molecule has 1 heterocycles. The topological polar surface area (TPSA) is 83.8 Å². The summed E-state index contributed by atoms with van der Waals surface area (Å²) in [5.74, 6) is 0.563. The van der Waals surface area contributed by atoms with Crippen molar-refractivity contribution in [1.82, 2.24) is 9.78 Å². The summed E-state index contributed by atoms with van der Waals surface area (Å²) < 4.78 is 36.9. The van der Waals surface area contributed by atoms with Crippen LogP contribution in [-0.2, 0) is 6.61 Å². The molecule has 0 radical (unpaired) electrons. The number of rotatable bonds is 9. The number of nitrogens with zero attached hydrogens (tertiary/aromatic N) is 2. The molecule has 8 nitrogen and oxygen atoms in total. The van der Waals surface area contributed by atoms with E-state index in [1.54, 1.807) is 30.5 Å². The minimum Gasteiger partial charge on any atom is -0.493 e. The zero-order valence-electron chi connectivity index (χ0n) is 19.4. The highest BCUT2D eigenvalue weighted by Crippen LogP contribution is 2.40. The van der Waals surface area contributed by atoms with E-state index in [0.29, 0.717) is 28.6 Å². The highest BCUT2D eigenvalue weighted by Gasteiger charge is 2.21. The summed E-state index contributed by atoms with van der Waals surface area (Å²) in [6.45, 7) is 0.237. The molecule has 9 heteroatoms. The number of benzene rings is 3. The smallest absolute Gasteiger partial charge is 0.280 e. The van der Waals surface area contributed by atoms with Crippen molar-refractivity contribution in [3.05, 3.63) is 90.0 Å². The second kappa shape index (κ2) is 10.6. The van der Waals surface area contributed by atoms with E-state index in [-0.39, 0.29) is 23.9 Å². The van der Waals surface area contributed by atoms with Crippen LogP contribution >= 0.6 is 0 Å². The third-order valence-electron chi connectivity index (χ3n) is 5.15. The van der Waals surface area contributed by atoms with Gasteiger partial charge in [-0.15, -0.1) is 0 Å². The zero-order chi connectivity index (χ0) is 24.8. The summed E-state index contributed by atoms with van der Waals surface area (Å²) in [4.78, 5) is 13.3. The van der Waals surface area contributed by atoms with Crippen molar-refractivity contribution in [2.75, 3.05) is 26.6 Å². The molecule has 0 unspecified atom stereocenters. The number of methoxy groups -OCH3 is 3. The Morgan fingerprint density at radius 1 is 0.914 bits per heavy atom. The van der Waals surface area contributed by atoms with E-state index in [1.165, 1.54) is 38.1 Å². The van der Waals surface area contributed by atoms with Crippen LogP contribution in [0.5, 0.6) is 23.0 Å².